The van der Waals surface area contributed by atoms with Gasteiger partial charge in [0.25, 0.3) is 0 Å². The van der Waals surface area contributed by atoms with E-state index in [2.05, 4.69) is 5.32 Å². The van der Waals surface area contributed by atoms with E-state index in [0.29, 0.717) is 19.8 Å². The van der Waals surface area contributed by atoms with Gasteiger partial charge >= 0.3 is 0 Å². The highest BCUT2D eigenvalue weighted by atomic mass is 16.5. The van der Waals surface area contributed by atoms with Crippen LogP contribution in [0.5, 0.6) is 0 Å². The van der Waals surface area contributed by atoms with Crippen molar-refractivity contribution in [3.05, 3.63) is 0 Å². The van der Waals surface area contributed by atoms with E-state index in [0.717, 1.165) is 0 Å². The zero-order valence-corrected chi connectivity index (χ0v) is 12.4. The third-order valence-corrected chi connectivity index (χ3v) is 2.92. The predicted molar refractivity (Wildman–Crippen MR) is 70.7 cm³/mol. The number of hydrogen-bond donors (Lipinski definition) is 1. The van der Waals surface area contributed by atoms with E-state index in [9.17, 15) is 9.59 Å². The molecule has 0 aromatic rings. The summed E-state index contributed by atoms with van der Waals surface area (Å²) >= 11 is 0. The van der Waals surface area contributed by atoms with Gasteiger partial charge in [0.2, 0.25) is 11.8 Å². The molecule has 1 fully saturated rings. The molecule has 0 bridgehead atoms. The normalized spacial score (nSPS) is 23.2. The lowest BCUT2D eigenvalue weighted by Crippen LogP contribution is -2.72. The third-order valence-electron chi connectivity index (χ3n) is 2.92. The van der Waals surface area contributed by atoms with Crippen LogP contribution < -0.4 is 5.32 Å². The van der Waals surface area contributed by atoms with Gasteiger partial charge in [0.05, 0.1) is 24.9 Å². The second-order valence-corrected chi connectivity index (χ2v) is 5.69. The first-order valence-electron chi connectivity index (χ1n) is 6.46. The first-order chi connectivity index (χ1) is 8.76. The molecular weight excluding hydrogens is 248 g/mol. The molecular formula is C13H24N2O4. The van der Waals surface area contributed by atoms with Crippen LogP contribution in [0.2, 0.25) is 0 Å². The summed E-state index contributed by atoms with van der Waals surface area (Å²) in [6.45, 7) is 8.69. The monoisotopic (exact) mass is 272 g/mol. The molecule has 1 aliphatic rings. The highest BCUT2D eigenvalue weighted by Gasteiger charge is 2.47. The van der Waals surface area contributed by atoms with Gasteiger partial charge in [0.1, 0.15) is 6.04 Å². The van der Waals surface area contributed by atoms with Gasteiger partial charge in [0.15, 0.2) is 0 Å². The van der Waals surface area contributed by atoms with Gasteiger partial charge in [-0.2, -0.15) is 0 Å². The molecule has 0 aromatic heterocycles. The Morgan fingerprint density at radius 1 is 1.42 bits per heavy atom. The summed E-state index contributed by atoms with van der Waals surface area (Å²) in [6.07, 6.45) is 0. The number of β-lactam (4-membered cyclic amide) rings is 1. The summed E-state index contributed by atoms with van der Waals surface area (Å²) in [5.74, 6) is -0.278. The van der Waals surface area contributed by atoms with E-state index in [1.807, 2.05) is 20.8 Å². The Balaban J connectivity index is 2.61. The van der Waals surface area contributed by atoms with Crippen molar-refractivity contribution in [2.24, 2.45) is 0 Å². The minimum Gasteiger partial charge on any atom is -0.383 e. The fourth-order valence-electron chi connectivity index (χ4n) is 1.97. The summed E-state index contributed by atoms with van der Waals surface area (Å²) in [5.41, 5.74) is -0.271. The van der Waals surface area contributed by atoms with Gasteiger partial charge in [-0.3, -0.25) is 9.59 Å². The van der Waals surface area contributed by atoms with Crippen LogP contribution in [0.15, 0.2) is 0 Å². The number of carbonyl (C=O) groups excluding carboxylic acids is 2. The van der Waals surface area contributed by atoms with Gasteiger partial charge in [-0.25, -0.2) is 0 Å². The van der Waals surface area contributed by atoms with E-state index >= 15 is 0 Å². The number of nitrogens with zero attached hydrogens (tertiary/aromatic N) is 1. The van der Waals surface area contributed by atoms with Crippen LogP contribution in [0.1, 0.15) is 27.7 Å². The van der Waals surface area contributed by atoms with E-state index < -0.39 is 6.04 Å². The molecule has 110 valence electrons. The Morgan fingerprint density at radius 2 is 2.05 bits per heavy atom. The lowest BCUT2D eigenvalue weighted by Gasteiger charge is -2.47. The van der Waals surface area contributed by atoms with Gasteiger partial charge in [0, 0.05) is 20.6 Å². The molecule has 6 nitrogen and oxygen atoms in total. The number of ether oxygens (including phenoxy) is 2. The fourth-order valence-corrected chi connectivity index (χ4v) is 1.97. The summed E-state index contributed by atoms with van der Waals surface area (Å²) in [6, 6.07) is -0.595. The molecule has 0 spiro atoms. The number of hydrogen-bond acceptors (Lipinski definition) is 4. The van der Waals surface area contributed by atoms with Gasteiger partial charge in [-0.05, 0) is 20.8 Å². The smallest absolute Gasteiger partial charge is 0.247 e. The molecule has 6 heteroatoms. The molecule has 0 saturated carbocycles. The van der Waals surface area contributed by atoms with Crippen LogP contribution in [-0.2, 0) is 19.1 Å². The highest BCUT2D eigenvalue weighted by Crippen LogP contribution is 2.22. The molecule has 2 amide bonds. The Kier molecular flexibility index (Phi) is 5.31. The van der Waals surface area contributed by atoms with Crippen molar-refractivity contribution >= 4 is 11.8 Å². The molecule has 0 radical (unpaired) electrons. The van der Waals surface area contributed by atoms with Crippen molar-refractivity contribution in [2.45, 2.75) is 45.4 Å². The van der Waals surface area contributed by atoms with Crippen molar-refractivity contribution in [1.82, 2.24) is 10.2 Å². The molecule has 1 rings (SSSR count). The van der Waals surface area contributed by atoms with Crippen molar-refractivity contribution in [1.29, 1.82) is 0 Å². The molecule has 2 atom stereocenters. The van der Waals surface area contributed by atoms with Crippen LogP contribution in [-0.4, -0.2) is 61.3 Å². The molecule has 19 heavy (non-hydrogen) atoms. The number of methoxy groups -OCH3 is 1. The standard InChI is InChI=1S/C13H24N2O4/c1-9(16)14-11-10(8-19-13(2,3)4)15(12(11)17)6-7-18-5/h10-11H,6-8H2,1-5H3,(H,14,16). The highest BCUT2D eigenvalue weighted by molar-refractivity contribution is 5.93. The zero-order chi connectivity index (χ0) is 14.6. The Bertz CT molecular complexity index is 338. The maximum atomic E-state index is 11.9. The molecule has 2 unspecified atom stereocenters. The molecule has 1 heterocycles. The largest absolute Gasteiger partial charge is 0.383 e. The topological polar surface area (TPSA) is 67.9 Å². The van der Waals surface area contributed by atoms with Crippen LogP contribution in [0.25, 0.3) is 0 Å². The van der Waals surface area contributed by atoms with Crippen molar-refractivity contribution in [3.63, 3.8) is 0 Å². The van der Waals surface area contributed by atoms with Gasteiger partial charge in [-0.15, -0.1) is 0 Å². The third kappa shape index (κ3) is 4.47. The van der Waals surface area contributed by atoms with Crippen molar-refractivity contribution < 1.29 is 19.1 Å². The molecule has 1 N–H and O–H groups in total. The summed E-state index contributed by atoms with van der Waals surface area (Å²) in [7, 11) is 1.59. The SMILES string of the molecule is COCCN1C(=O)C(NC(C)=O)C1COC(C)(C)C. The predicted octanol–water partition coefficient (Wildman–Crippen LogP) is 0.163. The maximum Gasteiger partial charge on any atom is 0.247 e. The Labute approximate surface area is 114 Å². The number of carbonyl (C=O) groups is 2. The lowest BCUT2D eigenvalue weighted by molar-refractivity contribution is -0.161. The quantitative estimate of drug-likeness (QED) is 0.700. The summed E-state index contributed by atoms with van der Waals surface area (Å²) in [4.78, 5) is 24.7. The second-order valence-electron chi connectivity index (χ2n) is 5.69. The average Bonchev–Trinajstić information content (AvgIpc) is 2.28. The van der Waals surface area contributed by atoms with E-state index in [1.54, 1.807) is 12.0 Å². The Hall–Kier alpha value is -1.14. The molecule has 1 saturated heterocycles. The molecule has 0 aliphatic carbocycles. The van der Waals surface area contributed by atoms with Crippen molar-refractivity contribution in [2.75, 3.05) is 26.9 Å². The van der Waals surface area contributed by atoms with Gasteiger partial charge < -0.3 is 19.7 Å². The number of rotatable bonds is 6. The van der Waals surface area contributed by atoms with E-state index in [1.165, 1.54) is 6.92 Å². The first-order valence-corrected chi connectivity index (χ1v) is 6.46. The van der Waals surface area contributed by atoms with E-state index in [4.69, 9.17) is 9.47 Å². The number of likely N-dealkylation sites (tertiary alicyclic amines) is 1. The van der Waals surface area contributed by atoms with Crippen LogP contribution in [0.3, 0.4) is 0 Å². The molecule has 0 aromatic carbocycles. The lowest BCUT2D eigenvalue weighted by atomic mass is 9.95. The number of nitrogens with one attached hydrogen (secondary N) is 1. The summed E-state index contributed by atoms with van der Waals surface area (Å²) < 4.78 is 10.7. The van der Waals surface area contributed by atoms with Crippen LogP contribution >= 0.6 is 0 Å². The fraction of sp³-hybridized carbons (Fsp3) is 0.846. The minimum absolute atomic E-state index is 0.0743. The van der Waals surface area contributed by atoms with Crippen LogP contribution in [0.4, 0.5) is 0 Å². The minimum atomic E-state index is -0.475. The average molecular weight is 272 g/mol. The van der Waals surface area contributed by atoms with Crippen LogP contribution in [0, 0.1) is 0 Å². The Morgan fingerprint density at radius 3 is 2.53 bits per heavy atom. The zero-order valence-electron chi connectivity index (χ0n) is 12.4. The number of amides is 2. The van der Waals surface area contributed by atoms with Crippen molar-refractivity contribution in [3.8, 4) is 0 Å². The first kappa shape index (κ1) is 15.9. The summed E-state index contributed by atoms with van der Waals surface area (Å²) in [5, 5.41) is 2.67. The van der Waals surface area contributed by atoms with Gasteiger partial charge in [-0.1, -0.05) is 0 Å². The second kappa shape index (κ2) is 6.34. The molecule has 1 aliphatic heterocycles. The van der Waals surface area contributed by atoms with E-state index in [-0.39, 0.29) is 23.5 Å². The maximum absolute atomic E-state index is 11.9.